The first-order valence-electron chi connectivity index (χ1n) is 9.32. The Kier molecular flexibility index (Phi) is 6.05. The number of amides is 1. The molecule has 2 aromatic rings. The minimum absolute atomic E-state index is 0.121. The van der Waals surface area contributed by atoms with Gasteiger partial charge in [-0.15, -0.1) is 0 Å². The highest BCUT2D eigenvalue weighted by atomic mass is 32.2. The van der Waals surface area contributed by atoms with Crippen molar-refractivity contribution in [3.05, 3.63) is 59.2 Å². The first-order chi connectivity index (χ1) is 13.3. The van der Waals surface area contributed by atoms with E-state index in [1.54, 1.807) is 12.1 Å². The van der Waals surface area contributed by atoms with E-state index in [9.17, 15) is 13.2 Å². The minimum atomic E-state index is -3.75. The molecule has 0 radical (unpaired) electrons. The Balaban J connectivity index is 1.63. The van der Waals surface area contributed by atoms with E-state index in [0.29, 0.717) is 5.75 Å². The van der Waals surface area contributed by atoms with Gasteiger partial charge in [0.15, 0.2) is 0 Å². The van der Waals surface area contributed by atoms with Gasteiger partial charge in [0.1, 0.15) is 5.75 Å². The Morgan fingerprint density at radius 3 is 2.50 bits per heavy atom. The number of likely N-dealkylation sites (N-methyl/N-ethyl adjacent to an activating group) is 1. The Morgan fingerprint density at radius 1 is 1.14 bits per heavy atom. The van der Waals surface area contributed by atoms with Crippen molar-refractivity contribution in [2.45, 2.75) is 37.1 Å². The van der Waals surface area contributed by atoms with Crippen molar-refractivity contribution >= 4 is 15.9 Å². The van der Waals surface area contributed by atoms with Crippen molar-refractivity contribution in [2.75, 3.05) is 20.7 Å². The van der Waals surface area contributed by atoms with Crippen LogP contribution in [0, 0.1) is 0 Å². The molecule has 3 rings (SSSR count). The van der Waals surface area contributed by atoms with Crippen LogP contribution < -0.4 is 10.1 Å². The molecule has 1 aliphatic carbocycles. The van der Waals surface area contributed by atoms with Crippen LogP contribution in [0.2, 0.25) is 0 Å². The molecule has 7 heteroatoms. The lowest BCUT2D eigenvalue weighted by Gasteiger charge is -2.20. The van der Waals surface area contributed by atoms with E-state index in [4.69, 9.17) is 4.74 Å². The summed E-state index contributed by atoms with van der Waals surface area (Å²) in [4.78, 5) is 12.5. The van der Waals surface area contributed by atoms with Crippen LogP contribution in [-0.4, -0.2) is 39.3 Å². The summed E-state index contributed by atoms with van der Waals surface area (Å²) < 4.78 is 31.4. The largest absolute Gasteiger partial charge is 0.497 e. The lowest BCUT2D eigenvalue weighted by Crippen LogP contribution is -2.39. The van der Waals surface area contributed by atoms with E-state index in [1.807, 2.05) is 13.0 Å². The fraction of sp³-hybridized carbons (Fsp3) is 0.381. The van der Waals surface area contributed by atoms with Gasteiger partial charge >= 0.3 is 0 Å². The maximum Gasteiger partial charge on any atom is 0.243 e. The first-order valence-corrected chi connectivity index (χ1v) is 10.8. The van der Waals surface area contributed by atoms with Crippen molar-refractivity contribution in [3.63, 3.8) is 0 Å². The predicted molar refractivity (Wildman–Crippen MR) is 108 cm³/mol. The minimum Gasteiger partial charge on any atom is -0.497 e. The number of methoxy groups -OCH3 is 1. The number of carbonyl (C=O) groups excluding carboxylic acids is 1. The molecule has 0 saturated carbocycles. The zero-order chi connectivity index (χ0) is 20.3. The number of aryl methyl sites for hydroxylation is 2. The molecular weight excluding hydrogens is 376 g/mol. The molecule has 2 aromatic carbocycles. The molecule has 0 saturated heterocycles. The second kappa shape index (κ2) is 8.32. The zero-order valence-corrected chi connectivity index (χ0v) is 17.3. The molecule has 1 amide bonds. The number of nitrogens with zero attached hydrogens (tertiary/aromatic N) is 1. The van der Waals surface area contributed by atoms with E-state index in [-0.39, 0.29) is 23.4 Å². The maximum atomic E-state index is 12.7. The number of hydrogen-bond donors (Lipinski definition) is 1. The van der Waals surface area contributed by atoms with Gasteiger partial charge in [-0.2, -0.15) is 4.31 Å². The molecule has 0 fully saturated rings. The van der Waals surface area contributed by atoms with Gasteiger partial charge in [0.2, 0.25) is 15.9 Å². The Morgan fingerprint density at radius 2 is 1.82 bits per heavy atom. The molecule has 6 nitrogen and oxygen atoms in total. The van der Waals surface area contributed by atoms with E-state index in [2.05, 4.69) is 17.4 Å². The predicted octanol–water partition coefficient (Wildman–Crippen LogP) is 2.68. The summed E-state index contributed by atoms with van der Waals surface area (Å²) in [6, 6.07) is 12.2. The molecule has 1 atom stereocenters. The molecule has 0 spiro atoms. The SMILES string of the molecule is COc1ccc(S(=O)(=O)N(C)CC(=O)N[C@H](C)c2ccc3c(c2)CCC3)cc1. The fourth-order valence-corrected chi connectivity index (χ4v) is 4.57. The summed E-state index contributed by atoms with van der Waals surface area (Å²) in [6.07, 6.45) is 3.37. The number of fused-ring (bicyclic) bond motifs is 1. The summed E-state index contributed by atoms with van der Waals surface area (Å²) in [5.74, 6) is 0.232. The van der Waals surface area contributed by atoms with Crippen LogP contribution in [0.5, 0.6) is 5.75 Å². The molecular formula is C21H26N2O4S. The van der Waals surface area contributed by atoms with Gasteiger partial charge in [-0.05, 0) is 67.1 Å². The smallest absolute Gasteiger partial charge is 0.243 e. The van der Waals surface area contributed by atoms with Gasteiger partial charge < -0.3 is 10.1 Å². The number of carbonyl (C=O) groups is 1. The average molecular weight is 403 g/mol. The number of benzene rings is 2. The summed E-state index contributed by atoms with van der Waals surface area (Å²) >= 11 is 0. The lowest BCUT2D eigenvalue weighted by atomic mass is 10.0. The molecule has 1 N–H and O–H groups in total. The highest BCUT2D eigenvalue weighted by Gasteiger charge is 2.24. The highest BCUT2D eigenvalue weighted by molar-refractivity contribution is 7.89. The van der Waals surface area contributed by atoms with Crippen molar-refractivity contribution in [2.24, 2.45) is 0 Å². The van der Waals surface area contributed by atoms with Crippen molar-refractivity contribution < 1.29 is 17.9 Å². The molecule has 150 valence electrons. The number of sulfonamides is 1. The van der Waals surface area contributed by atoms with Gasteiger partial charge in [0.25, 0.3) is 0 Å². The van der Waals surface area contributed by atoms with E-state index in [0.717, 1.165) is 22.7 Å². The quantitative estimate of drug-likeness (QED) is 0.773. The van der Waals surface area contributed by atoms with E-state index >= 15 is 0 Å². The highest BCUT2D eigenvalue weighted by Crippen LogP contribution is 2.25. The third-order valence-electron chi connectivity index (χ3n) is 5.13. The normalized spacial score (nSPS) is 14.6. The molecule has 0 aliphatic heterocycles. The average Bonchev–Trinajstić information content (AvgIpc) is 3.15. The second-order valence-electron chi connectivity index (χ2n) is 7.11. The second-order valence-corrected chi connectivity index (χ2v) is 9.15. The van der Waals surface area contributed by atoms with Crippen LogP contribution in [-0.2, 0) is 27.7 Å². The van der Waals surface area contributed by atoms with Gasteiger partial charge in [-0.25, -0.2) is 8.42 Å². The molecule has 0 heterocycles. The van der Waals surface area contributed by atoms with E-state index < -0.39 is 10.0 Å². The van der Waals surface area contributed by atoms with Crippen LogP contribution in [0.25, 0.3) is 0 Å². The molecule has 0 unspecified atom stereocenters. The monoisotopic (exact) mass is 402 g/mol. The van der Waals surface area contributed by atoms with Gasteiger partial charge in [0.05, 0.1) is 24.6 Å². The van der Waals surface area contributed by atoms with Crippen LogP contribution >= 0.6 is 0 Å². The number of nitrogens with one attached hydrogen (secondary N) is 1. The Hall–Kier alpha value is -2.38. The summed E-state index contributed by atoms with van der Waals surface area (Å²) in [6.45, 7) is 1.66. The Bertz CT molecular complexity index is 955. The van der Waals surface area contributed by atoms with Gasteiger partial charge in [-0.3, -0.25) is 4.79 Å². The van der Waals surface area contributed by atoms with Crippen LogP contribution in [0.4, 0.5) is 0 Å². The molecule has 0 aromatic heterocycles. The summed E-state index contributed by atoms with van der Waals surface area (Å²) in [7, 11) is -0.833. The standard InChI is InChI=1S/C21H26N2O4S/c1-15(17-8-7-16-5-4-6-18(16)13-17)22-21(24)14-23(2)28(25,26)20-11-9-19(27-3)10-12-20/h7-13,15H,4-6,14H2,1-3H3,(H,22,24)/t15-/m1/s1. The number of ether oxygens (including phenoxy) is 1. The first kappa shape index (κ1) is 20.4. The van der Waals surface area contributed by atoms with E-state index in [1.165, 1.54) is 43.8 Å². The fourth-order valence-electron chi connectivity index (χ4n) is 3.45. The molecule has 28 heavy (non-hydrogen) atoms. The van der Waals surface area contributed by atoms with Crippen molar-refractivity contribution in [3.8, 4) is 5.75 Å². The van der Waals surface area contributed by atoms with Gasteiger partial charge in [-0.1, -0.05) is 18.2 Å². The third-order valence-corrected chi connectivity index (χ3v) is 6.95. The Labute approximate surface area is 166 Å². The molecule has 0 bridgehead atoms. The maximum absolute atomic E-state index is 12.7. The van der Waals surface area contributed by atoms with Crippen molar-refractivity contribution in [1.29, 1.82) is 0 Å². The summed E-state index contributed by atoms with van der Waals surface area (Å²) in [5, 5.41) is 2.90. The summed E-state index contributed by atoms with van der Waals surface area (Å²) in [5.41, 5.74) is 3.76. The van der Waals surface area contributed by atoms with Gasteiger partial charge in [0, 0.05) is 7.05 Å². The number of rotatable bonds is 7. The lowest BCUT2D eigenvalue weighted by molar-refractivity contribution is -0.121. The van der Waals surface area contributed by atoms with Crippen molar-refractivity contribution in [1.82, 2.24) is 9.62 Å². The number of hydrogen-bond acceptors (Lipinski definition) is 4. The molecule has 1 aliphatic rings. The van der Waals surface area contributed by atoms with Crippen LogP contribution in [0.1, 0.15) is 36.1 Å². The van der Waals surface area contributed by atoms with Crippen LogP contribution in [0.3, 0.4) is 0 Å². The third kappa shape index (κ3) is 4.36. The van der Waals surface area contributed by atoms with Crippen LogP contribution in [0.15, 0.2) is 47.4 Å². The topological polar surface area (TPSA) is 75.7 Å². The zero-order valence-electron chi connectivity index (χ0n) is 16.4.